The lowest BCUT2D eigenvalue weighted by Crippen LogP contribution is -2.40. The molecule has 1 aromatic carbocycles. The minimum Gasteiger partial charge on any atom is -0.478 e. The van der Waals surface area contributed by atoms with Crippen LogP contribution >= 0.6 is 15.9 Å². The van der Waals surface area contributed by atoms with E-state index in [0.717, 1.165) is 5.56 Å². The molecule has 2 atom stereocenters. The standard InChI is InChI=1S/C14H20BrNO4S/c1-9(10(2)21(4,19)20)16(3)8-12-6-5-11(14(17)18)7-13(12)15/h5-7,9-10H,8H2,1-4H3,(H,17,18). The highest BCUT2D eigenvalue weighted by atomic mass is 79.9. The summed E-state index contributed by atoms with van der Waals surface area (Å²) in [5.41, 5.74) is 1.13. The lowest BCUT2D eigenvalue weighted by molar-refractivity contribution is 0.0696. The minimum absolute atomic E-state index is 0.147. The minimum atomic E-state index is -3.10. The van der Waals surface area contributed by atoms with Gasteiger partial charge in [0.25, 0.3) is 0 Å². The first-order valence-electron chi connectivity index (χ1n) is 6.45. The Balaban J connectivity index is 2.88. The first kappa shape index (κ1) is 18.1. The monoisotopic (exact) mass is 377 g/mol. The van der Waals surface area contributed by atoms with Gasteiger partial charge in [-0.05, 0) is 38.6 Å². The molecule has 5 nitrogen and oxygen atoms in total. The van der Waals surface area contributed by atoms with Gasteiger partial charge in [-0.3, -0.25) is 4.90 Å². The number of hydrogen-bond donors (Lipinski definition) is 1. The van der Waals surface area contributed by atoms with Crippen LogP contribution in [0.25, 0.3) is 0 Å². The van der Waals surface area contributed by atoms with Crippen molar-refractivity contribution in [2.45, 2.75) is 31.7 Å². The van der Waals surface area contributed by atoms with Gasteiger partial charge in [0.2, 0.25) is 0 Å². The molecule has 1 rings (SSSR count). The molecule has 1 aromatic rings. The Kier molecular flexibility index (Phi) is 5.95. The second-order valence-corrected chi connectivity index (χ2v) is 8.56. The number of halogens is 1. The molecule has 0 saturated carbocycles. The molecule has 0 heterocycles. The molecule has 0 saturated heterocycles. The van der Waals surface area contributed by atoms with Crippen LogP contribution in [0.3, 0.4) is 0 Å². The number of sulfone groups is 1. The number of nitrogens with zero attached hydrogens (tertiary/aromatic N) is 1. The molecule has 0 fully saturated rings. The molecular weight excluding hydrogens is 358 g/mol. The third kappa shape index (κ3) is 4.79. The van der Waals surface area contributed by atoms with Crippen molar-refractivity contribution >= 4 is 31.7 Å². The molecule has 0 aliphatic rings. The van der Waals surface area contributed by atoms with Crippen LogP contribution in [0.15, 0.2) is 22.7 Å². The summed E-state index contributed by atoms with van der Waals surface area (Å²) < 4.78 is 23.9. The Morgan fingerprint density at radius 1 is 1.38 bits per heavy atom. The van der Waals surface area contributed by atoms with Gasteiger partial charge in [-0.25, -0.2) is 13.2 Å². The van der Waals surface area contributed by atoms with E-state index in [9.17, 15) is 13.2 Å². The van der Waals surface area contributed by atoms with E-state index in [1.165, 1.54) is 6.26 Å². The van der Waals surface area contributed by atoms with E-state index < -0.39 is 21.1 Å². The molecule has 21 heavy (non-hydrogen) atoms. The van der Waals surface area contributed by atoms with E-state index in [1.54, 1.807) is 25.1 Å². The molecule has 0 amide bonds. The number of carboxylic acid groups (broad SMARTS) is 1. The van der Waals surface area contributed by atoms with Crippen LogP contribution in [-0.4, -0.2) is 49.0 Å². The summed E-state index contributed by atoms with van der Waals surface area (Å²) >= 11 is 3.36. The van der Waals surface area contributed by atoms with Crippen molar-refractivity contribution < 1.29 is 18.3 Å². The van der Waals surface area contributed by atoms with E-state index in [1.807, 2.05) is 18.9 Å². The quantitative estimate of drug-likeness (QED) is 0.823. The van der Waals surface area contributed by atoms with E-state index in [-0.39, 0.29) is 11.6 Å². The highest BCUT2D eigenvalue weighted by Crippen LogP contribution is 2.22. The number of carbonyl (C=O) groups is 1. The Hall–Kier alpha value is -0.920. The Morgan fingerprint density at radius 2 is 1.95 bits per heavy atom. The van der Waals surface area contributed by atoms with Crippen LogP contribution in [0.4, 0.5) is 0 Å². The lowest BCUT2D eigenvalue weighted by atomic mass is 10.1. The zero-order valence-corrected chi connectivity index (χ0v) is 14.9. The van der Waals surface area contributed by atoms with E-state index in [0.29, 0.717) is 11.0 Å². The molecule has 2 unspecified atom stereocenters. The lowest BCUT2D eigenvalue weighted by Gasteiger charge is -2.29. The fraction of sp³-hybridized carbons (Fsp3) is 0.500. The molecule has 0 spiro atoms. The maximum atomic E-state index is 11.6. The molecule has 1 N–H and O–H groups in total. The van der Waals surface area contributed by atoms with Gasteiger partial charge in [-0.2, -0.15) is 0 Å². The SMILES string of the molecule is CC(C(C)S(C)(=O)=O)N(C)Cc1ccc(C(=O)O)cc1Br. The maximum Gasteiger partial charge on any atom is 0.335 e. The van der Waals surface area contributed by atoms with Crippen LogP contribution < -0.4 is 0 Å². The van der Waals surface area contributed by atoms with Crippen LogP contribution in [0.1, 0.15) is 29.8 Å². The number of rotatable bonds is 6. The van der Waals surface area contributed by atoms with Crippen LogP contribution in [0.2, 0.25) is 0 Å². The van der Waals surface area contributed by atoms with Crippen molar-refractivity contribution in [3.8, 4) is 0 Å². The van der Waals surface area contributed by atoms with Crippen molar-refractivity contribution in [2.75, 3.05) is 13.3 Å². The fourth-order valence-corrected chi connectivity index (χ4v) is 3.36. The summed E-state index contributed by atoms with van der Waals surface area (Å²) in [5.74, 6) is -0.977. The predicted octanol–water partition coefficient (Wildman–Crippen LogP) is 2.40. The molecule has 0 aromatic heterocycles. The van der Waals surface area contributed by atoms with Gasteiger partial charge in [-0.15, -0.1) is 0 Å². The number of aromatic carboxylic acids is 1. The highest BCUT2D eigenvalue weighted by Gasteiger charge is 2.25. The number of carboxylic acids is 1. The van der Waals surface area contributed by atoms with Gasteiger partial charge in [-0.1, -0.05) is 22.0 Å². The van der Waals surface area contributed by atoms with E-state index in [4.69, 9.17) is 5.11 Å². The molecule has 0 aliphatic heterocycles. The second kappa shape index (κ2) is 6.89. The van der Waals surface area contributed by atoms with Gasteiger partial charge in [0.1, 0.15) is 0 Å². The van der Waals surface area contributed by atoms with Crippen LogP contribution in [-0.2, 0) is 16.4 Å². The summed E-state index contributed by atoms with van der Waals surface area (Å²) in [6.45, 7) is 4.09. The smallest absolute Gasteiger partial charge is 0.335 e. The third-order valence-corrected chi connectivity index (χ3v) is 6.25. The summed E-state index contributed by atoms with van der Waals surface area (Å²) in [6.07, 6.45) is 1.24. The molecular formula is C14H20BrNO4S. The number of benzene rings is 1. The van der Waals surface area contributed by atoms with Crippen molar-refractivity contribution in [1.82, 2.24) is 4.90 Å². The van der Waals surface area contributed by atoms with Gasteiger partial charge < -0.3 is 5.11 Å². The topological polar surface area (TPSA) is 74.7 Å². The van der Waals surface area contributed by atoms with Gasteiger partial charge in [0.15, 0.2) is 9.84 Å². The first-order chi connectivity index (χ1) is 9.54. The summed E-state index contributed by atoms with van der Waals surface area (Å²) in [6, 6.07) is 4.69. The third-order valence-electron chi connectivity index (χ3n) is 3.77. The Morgan fingerprint density at radius 3 is 2.38 bits per heavy atom. The predicted molar refractivity (Wildman–Crippen MR) is 86.3 cm³/mol. The molecule has 7 heteroatoms. The van der Waals surface area contributed by atoms with Crippen molar-refractivity contribution in [3.63, 3.8) is 0 Å². The highest BCUT2D eigenvalue weighted by molar-refractivity contribution is 9.10. The zero-order valence-electron chi connectivity index (χ0n) is 12.5. The number of hydrogen-bond acceptors (Lipinski definition) is 4. The van der Waals surface area contributed by atoms with E-state index >= 15 is 0 Å². The fourth-order valence-electron chi connectivity index (χ4n) is 1.94. The van der Waals surface area contributed by atoms with E-state index in [2.05, 4.69) is 15.9 Å². The summed E-state index contributed by atoms with van der Waals surface area (Å²) in [4.78, 5) is 12.8. The Labute approximate surface area is 134 Å². The molecule has 0 bridgehead atoms. The van der Waals surface area contributed by atoms with Crippen molar-refractivity contribution in [3.05, 3.63) is 33.8 Å². The average Bonchev–Trinajstić information content (AvgIpc) is 2.37. The second-order valence-electron chi connectivity index (χ2n) is 5.30. The van der Waals surface area contributed by atoms with Crippen LogP contribution in [0, 0.1) is 0 Å². The Bertz CT molecular complexity index is 630. The van der Waals surface area contributed by atoms with Crippen molar-refractivity contribution in [1.29, 1.82) is 0 Å². The first-order valence-corrected chi connectivity index (χ1v) is 9.19. The van der Waals surface area contributed by atoms with Crippen molar-refractivity contribution in [2.24, 2.45) is 0 Å². The normalized spacial score (nSPS) is 15.0. The molecule has 118 valence electrons. The van der Waals surface area contributed by atoms with Gasteiger partial charge >= 0.3 is 5.97 Å². The zero-order chi connectivity index (χ0) is 16.4. The summed E-state index contributed by atoms with van der Waals surface area (Å²) in [7, 11) is -1.25. The van der Waals surface area contributed by atoms with Gasteiger partial charge in [0, 0.05) is 23.3 Å². The van der Waals surface area contributed by atoms with Crippen LogP contribution in [0.5, 0.6) is 0 Å². The maximum absolute atomic E-state index is 11.6. The average molecular weight is 378 g/mol. The molecule has 0 radical (unpaired) electrons. The molecule has 0 aliphatic carbocycles. The van der Waals surface area contributed by atoms with Gasteiger partial charge in [0.05, 0.1) is 10.8 Å². The summed E-state index contributed by atoms with van der Waals surface area (Å²) in [5, 5.41) is 8.46. The largest absolute Gasteiger partial charge is 0.478 e.